The molecular weight excluding hydrogens is 272 g/mol. The Hall–Kier alpha value is -0.630. The molecule has 3 rings (SSSR count). The average Bonchev–Trinajstić information content (AvgIpc) is 2.52. The summed E-state index contributed by atoms with van der Waals surface area (Å²) in [4.78, 5) is 11.7. The van der Waals surface area contributed by atoms with Crippen LogP contribution in [0.25, 0.3) is 0 Å². The van der Waals surface area contributed by atoms with E-state index in [2.05, 4.69) is 19.1 Å². The summed E-state index contributed by atoms with van der Waals surface area (Å²) in [6.45, 7) is 4.40. The number of Topliss-reactive ketones (excluding diaryl/α,β-unsaturated/α-hetero) is 1. The van der Waals surface area contributed by atoms with Crippen molar-refractivity contribution in [1.82, 2.24) is 0 Å². The first kappa shape index (κ1) is 16.2. The van der Waals surface area contributed by atoms with Crippen molar-refractivity contribution >= 4 is 5.78 Å². The lowest BCUT2D eigenvalue weighted by atomic mass is 9.48. The standard InChI is InChI=1S/C20H32O2/c1-3-16(21)10-7-14-8-12-18(22)19-17(14)11-9-15-6-4-5-13-20(15,19)2/h4-5,14-15,17-19,22H,3,6-13H2,1-2H3/t14-,15-,17+,18+,19-,20+/m1/s1. The lowest BCUT2D eigenvalue weighted by Gasteiger charge is -2.58. The minimum absolute atomic E-state index is 0.123. The highest BCUT2D eigenvalue weighted by molar-refractivity contribution is 5.77. The van der Waals surface area contributed by atoms with Gasteiger partial charge in [-0.15, -0.1) is 0 Å². The van der Waals surface area contributed by atoms with Crippen LogP contribution < -0.4 is 0 Å². The van der Waals surface area contributed by atoms with E-state index < -0.39 is 0 Å². The van der Waals surface area contributed by atoms with Crippen molar-refractivity contribution in [2.45, 2.75) is 77.7 Å². The summed E-state index contributed by atoms with van der Waals surface area (Å²) in [6.07, 6.45) is 14.0. The number of aliphatic hydroxyl groups excluding tert-OH is 1. The number of carbonyl (C=O) groups is 1. The van der Waals surface area contributed by atoms with E-state index in [0.717, 1.165) is 38.0 Å². The van der Waals surface area contributed by atoms with Gasteiger partial charge < -0.3 is 5.11 Å². The minimum Gasteiger partial charge on any atom is -0.393 e. The molecule has 0 amide bonds. The zero-order chi connectivity index (χ0) is 15.7. The minimum atomic E-state index is -0.123. The normalized spacial score (nSPS) is 44.2. The molecule has 0 heterocycles. The quantitative estimate of drug-likeness (QED) is 0.776. The van der Waals surface area contributed by atoms with Gasteiger partial charge in [-0.2, -0.15) is 0 Å². The molecule has 22 heavy (non-hydrogen) atoms. The van der Waals surface area contributed by atoms with E-state index in [-0.39, 0.29) is 11.5 Å². The maximum absolute atomic E-state index is 11.7. The van der Waals surface area contributed by atoms with Crippen LogP contribution in [0.3, 0.4) is 0 Å². The van der Waals surface area contributed by atoms with Crippen molar-refractivity contribution in [3.05, 3.63) is 12.2 Å². The third kappa shape index (κ3) is 2.79. The van der Waals surface area contributed by atoms with Crippen LogP contribution in [0.4, 0.5) is 0 Å². The number of hydrogen-bond donors (Lipinski definition) is 1. The van der Waals surface area contributed by atoms with Crippen LogP contribution in [-0.2, 0) is 4.79 Å². The van der Waals surface area contributed by atoms with Crippen LogP contribution in [0.15, 0.2) is 12.2 Å². The molecule has 0 spiro atoms. The first-order valence-electron chi connectivity index (χ1n) is 9.41. The van der Waals surface area contributed by atoms with Crippen LogP contribution in [0.5, 0.6) is 0 Å². The molecule has 0 bridgehead atoms. The molecule has 2 fully saturated rings. The topological polar surface area (TPSA) is 37.3 Å². The average molecular weight is 304 g/mol. The summed E-state index contributed by atoms with van der Waals surface area (Å²) in [7, 11) is 0. The van der Waals surface area contributed by atoms with Gasteiger partial charge in [0, 0.05) is 12.8 Å². The van der Waals surface area contributed by atoms with E-state index in [4.69, 9.17) is 0 Å². The molecule has 0 aromatic rings. The fourth-order valence-electron chi connectivity index (χ4n) is 5.87. The zero-order valence-electron chi connectivity index (χ0n) is 14.3. The molecule has 0 unspecified atom stereocenters. The Balaban J connectivity index is 1.77. The van der Waals surface area contributed by atoms with Gasteiger partial charge in [0.1, 0.15) is 5.78 Å². The second kappa shape index (κ2) is 6.47. The van der Waals surface area contributed by atoms with Gasteiger partial charge in [-0.25, -0.2) is 0 Å². The Morgan fingerprint density at radius 1 is 1.23 bits per heavy atom. The second-order valence-corrected chi connectivity index (χ2v) is 8.22. The van der Waals surface area contributed by atoms with Crippen LogP contribution >= 0.6 is 0 Å². The number of allylic oxidation sites excluding steroid dienone is 2. The molecule has 1 N–H and O–H groups in total. The van der Waals surface area contributed by atoms with Crippen LogP contribution in [-0.4, -0.2) is 17.0 Å². The molecule has 0 aliphatic heterocycles. The predicted octanol–water partition coefficient (Wildman–Crippen LogP) is 4.52. The van der Waals surface area contributed by atoms with Gasteiger partial charge in [-0.1, -0.05) is 26.0 Å². The van der Waals surface area contributed by atoms with Crippen molar-refractivity contribution in [2.24, 2.45) is 29.1 Å². The maximum atomic E-state index is 11.7. The smallest absolute Gasteiger partial charge is 0.132 e. The number of hydrogen-bond acceptors (Lipinski definition) is 2. The molecule has 0 aromatic carbocycles. The van der Waals surface area contributed by atoms with Crippen LogP contribution in [0.2, 0.25) is 0 Å². The summed E-state index contributed by atoms with van der Waals surface area (Å²) >= 11 is 0. The second-order valence-electron chi connectivity index (χ2n) is 8.22. The summed E-state index contributed by atoms with van der Waals surface area (Å²) in [6, 6.07) is 0. The molecular formula is C20H32O2. The van der Waals surface area contributed by atoms with E-state index in [1.54, 1.807) is 0 Å². The summed E-state index contributed by atoms with van der Waals surface area (Å²) < 4.78 is 0. The molecule has 0 radical (unpaired) electrons. The summed E-state index contributed by atoms with van der Waals surface area (Å²) in [5.41, 5.74) is 0.282. The maximum Gasteiger partial charge on any atom is 0.132 e. The fraction of sp³-hybridized carbons (Fsp3) is 0.850. The van der Waals surface area contributed by atoms with E-state index in [1.165, 1.54) is 19.3 Å². The molecule has 3 aliphatic carbocycles. The largest absolute Gasteiger partial charge is 0.393 e. The monoisotopic (exact) mass is 304 g/mol. The third-order valence-electron chi connectivity index (χ3n) is 7.19. The van der Waals surface area contributed by atoms with E-state index in [1.807, 2.05) is 6.92 Å². The molecule has 6 atom stereocenters. The lowest BCUT2D eigenvalue weighted by molar-refractivity contribution is -0.125. The van der Waals surface area contributed by atoms with Crippen molar-refractivity contribution in [3.8, 4) is 0 Å². The Morgan fingerprint density at radius 3 is 2.82 bits per heavy atom. The van der Waals surface area contributed by atoms with Gasteiger partial charge in [0.05, 0.1) is 6.10 Å². The third-order valence-corrected chi connectivity index (χ3v) is 7.19. The summed E-state index contributed by atoms with van der Waals surface area (Å²) in [5.74, 6) is 2.91. The van der Waals surface area contributed by atoms with E-state index >= 15 is 0 Å². The number of carbonyl (C=O) groups excluding carboxylic acids is 1. The number of rotatable bonds is 4. The predicted molar refractivity (Wildman–Crippen MR) is 89.4 cm³/mol. The number of aliphatic hydroxyl groups is 1. The first-order valence-corrected chi connectivity index (χ1v) is 9.41. The number of ketones is 1. The molecule has 3 aliphatic rings. The van der Waals surface area contributed by atoms with Crippen LogP contribution in [0, 0.1) is 29.1 Å². The summed E-state index contributed by atoms with van der Waals surface area (Å²) in [5, 5.41) is 10.8. The van der Waals surface area contributed by atoms with Crippen molar-refractivity contribution in [1.29, 1.82) is 0 Å². The van der Waals surface area contributed by atoms with Crippen molar-refractivity contribution < 1.29 is 9.90 Å². The molecule has 0 aromatic heterocycles. The number of fused-ring (bicyclic) bond motifs is 3. The molecule has 0 saturated heterocycles. The zero-order valence-corrected chi connectivity index (χ0v) is 14.3. The highest BCUT2D eigenvalue weighted by Crippen LogP contribution is 2.59. The first-order chi connectivity index (χ1) is 10.6. The Labute approximate surface area is 135 Å². The van der Waals surface area contributed by atoms with Crippen LogP contribution in [0.1, 0.15) is 71.6 Å². The van der Waals surface area contributed by atoms with Crippen molar-refractivity contribution in [3.63, 3.8) is 0 Å². The highest BCUT2D eigenvalue weighted by atomic mass is 16.3. The van der Waals surface area contributed by atoms with Gasteiger partial charge in [0.15, 0.2) is 0 Å². The Kier molecular flexibility index (Phi) is 4.77. The van der Waals surface area contributed by atoms with Crippen molar-refractivity contribution in [2.75, 3.05) is 0 Å². The van der Waals surface area contributed by atoms with Gasteiger partial charge in [-0.3, -0.25) is 4.79 Å². The van der Waals surface area contributed by atoms with E-state index in [9.17, 15) is 9.90 Å². The highest BCUT2D eigenvalue weighted by Gasteiger charge is 2.53. The molecule has 2 saturated carbocycles. The molecule has 2 heteroatoms. The van der Waals surface area contributed by atoms with Gasteiger partial charge in [0.2, 0.25) is 0 Å². The van der Waals surface area contributed by atoms with Gasteiger partial charge in [0.25, 0.3) is 0 Å². The van der Waals surface area contributed by atoms with Gasteiger partial charge in [-0.05, 0) is 74.0 Å². The Morgan fingerprint density at radius 2 is 2.05 bits per heavy atom. The fourth-order valence-corrected chi connectivity index (χ4v) is 5.87. The Bertz CT molecular complexity index is 441. The molecule has 124 valence electrons. The lowest BCUT2D eigenvalue weighted by Crippen LogP contribution is -2.53. The van der Waals surface area contributed by atoms with Gasteiger partial charge >= 0.3 is 0 Å². The van der Waals surface area contributed by atoms with E-state index in [0.29, 0.717) is 30.0 Å². The SMILES string of the molecule is CCC(=O)CC[C@@H]1CC[C@H](O)[C@H]2[C@H]1CC[C@H]1CC=CC[C@@]12C. The molecule has 2 nitrogen and oxygen atoms in total.